The van der Waals surface area contributed by atoms with Crippen molar-refractivity contribution in [3.8, 4) is 0 Å². The summed E-state index contributed by atoms with van der Waals surface area (Å²) in [5.74, 6) is -0.138. The van der Waals surface area contributed by atoms with E-state index < -0.39 is 6.04 Å². The first kappa shape index (κ1) is 12.0. The lowest BCUT2D eigenvalue weighted by Crippen LogP contribution is -2.44. The van der Waals surface area contributed by atoms with Crippen molar-refractivity contribution < 1.29 is 15.1 Å². The Morgan fingerprint density at radius 3 is 2.71 bits per heavy atom. The zero-order valence-electron chi connectivity index (χ0n) is 9.41. The Balaban J connectivity index is 2.00. The minimum Gasteiger partial charge on any atom is -0.394 e. The maximum Gasteiger partial charge on any atom is 0.222 e. The first-order valence-electron chi connectivity index (χ1n) is 5.60. The van der Waals surface area contributed by atoms with Gasteiger partial charge in [-0.15, -0.1) is 0 Å². The molecule has 1 aliphatic rings. The third-order valence-corrected chi connectivity index (χ3v) is 2.97. The van der Waals surface area contributed by atoms with Gasteiger partial charge in [0.1, 0.15) is 0 Å². The summed E-state index contributed by atoms with van der Waals surface area (Å²) >= 11 is 0. The number of nitrogens with zero attached hydrogens (tertiary/aromatic N) is 1. The minimum atomic E-state index is -0.392. The van der Waals surface area contributed by atoms with Gasteiger partial charge in [-0.05, 0) is 5.56 Å². The first-order chi connectivity index (χ1) is 8.20. The van der Waals surface area contributed by atoms with E-state index in [1.165, 1.54) is 0 Å². The molecule has 1 aromatic rings. The van der Waals surface area contributed by atoms with E-state index >= 15 is 0 Å². The van der Waals surface area contributed by atoms with Crippen LogP contribution in [0.15, 0.2) is 30.3 Å². The number of amides is 1. The largest absolute Gasteiger partial charge is 0.394 e. The summed E-state index contributed by atoms with van der Waals surface area (Å²) in [5.41, 5.74) is 0.964. The molecule has 0 saturated carbocycles. The van der Waals surface area contributed by atoms with E-state index in [1.54, 1.807) is 0 Å². The summed E-state index contributed by atoms with van der Waals surface area (Å²) in [4.78, 5) is 11.2. The molecule has 5 nitrogen and oxygen atoms in total. The van der Waals surface area contributed by atoms with E-state index in [1.807, 2.05) is 30.3 Å². The lowest BCUT2D eigenvalue weighted by atomic mass is 10.1. The highest BCUT2D eigenvalue weighted by molar-refractivity contribution is 5.79. The number of aliphatic hydroxyl groups excluding tert-OH is 1. The molecule has 1 fully saturated rings. The number of carbonyl (C=O) groups is 1. The van der Waals surface area contributed by atoms with Gasteiger partial charge in [-0.3, -0.25) is 4.79 Å². The molecule has 0 unspecified atom stereocenters. The van der Waals surface area contributed by atoms with Crippen LogP contribution >= 0.6 is 0 Å². The second-order valence-electron chi connectivity index (χ2n) is 4.21. The highest BCUT2D eigenvalue weighted by atomic mass is 16.5. The van der Waals surface area contributed by atoms with Crippen LogP contribution in [0.25, 0.3) is 0 Å². The van der Waals surface area contributed by atoms with Gasteiger partial charge in [-0.25, -0.2) is 0 Å². The molecule has 1 heterocycles. The average Bonchev–Trinajstić information content (AvgIpc) is 2.72. The molecule has 0 aromatic heterocycles. The van der Waals surface area contributed by atoms with Crippen LogP contribution in [0.1, 0.15) is 12.0 Å². The van der Waals surface area contributed by atoms with Crippen LogP contribution in [0, 0.1) is 0 Å². The molecule has 0 radical (unpaired) electrons. The molecule has 2 rings (SSSR count). The van der Waals surface area contributed by atoms with Crippen molar-refractivity contribution in [2.45, 2.75) is 25.0 Å². The van der Waals surface area contributed by atoms with Crippen LogP contribution in [0.3, 0.4) is 0 Å². The molecule has 0 bridgehead atoms. The zero-order valence-corrected chi connectivity index (χ0v) is 9.41. The van der Waals surface area contributed by atoms with E-state index in [0.29, 0.717) is 6.54 Å². The molecule has 5 heteroatoms. The van der Waals surface area contributed by atoms with Crippen LogP contribution in [0.4, 0.5) is 0 Å². The average molecular weight is 236 g/mol. The van der Waals surface area contributed by atoms with Crippen molar-refractivity contribution in [3.05, 3.63) is 35.9 Å². The van der Waals surface area contributed by atoms with Crippen molar-refractivity contribution in [1.82, 2.24) is 10.4 Å². The number of benzene rings is 1. The van der Waals surface area contributed by atoms with Gasteiger partial charge in [0, 0.05) is 13.0 Å². The van der Waals surface area contributed by atoms with Crippen molar-refractivity contribution in [1.29, 1.82) is 0 Å². The molecule has 0 aliphatic carbocycles. The Morgan fingerprint density at radius 2 is 2.06 bits per heavy atom. The van der Waals surface area contributed by atoms with Gasteiger partial charge < -0.3 is 15.6 Å². The van der Waals surface area contributed by atoms with Crippen LogP contribution in [0.2, 0.25) is 0 Å². The lowest BCUT2D eigenvalue weighted by Gasteiger charge is -2.25. The fraction of sp³-hybridized carbons (Fsp3) is 0.417. The van der Waals surface area contributed by atoms with E-state index in [4.69, 9.17) is 5.11 Å². The fourth-order valence-electron chi connectivity index (χ4n) is 2.06. The van der Waals surface area contributed by atoms with Gasteiger partial charge >= 0.3 is 0 Å². The molecule has 92 valence electrons. The van der Waals surface area contributed by atoms with Gasteiger partial charge in [-0.2, -0.15) is 5.06 Å². The predicted molar refractivity (Wildman–Crippen MR) is 61.2 cm³/mol. The quantitative estimate of drug-likeness (QED) is 0.650. The number of hydrogen-bond donors (Lipinski definition) is 3. The van der Waals surface area contributed by atoms with Gasteiger partial charge in [-0.1, -0.05) is 30.3 Å². The fourth-order valence-corrected chi connectivity index (χ4v) is 2.06. The summed E-state index contributed by atoms with van der Waals surface area (Å²) in [6.07, 6.45) is 0.217. The third kappa shape index (κ3) is 2.82. The van der Waals surface area contributed by atoms with Crippen molar-refractivity contribution in [2.24, 2.45) is 0 Å². The van der Waals surface area contributed by atoms with E-state index in [0.717, 1.165) is 10.6 Å². The molecule has 1 aliphatic heterocycles. The van der Waals surface area contributed by atoms with E-state index in [9.17, 15) is 10.0 Å². The molecule has 1 saturated heterocycles. The number of nitrogens with one attached hydrogen (secondary N) is 1. The number of carbonyl (C=O) groups excluding carboxylic acids is 1. The van der Waals surface area contributed by atoms with Gasteiger partial charge in [0.15, 0.2) is 0 Å². The van der Waals surface area contributed by atoms with Gasteiger partial charge in [0.25, 0.3) is 0 Å². The van der Waals surface area contributed by atoms with Crippen molar-refractivity contribution >= 4 is 5.91 Å². The second-order valence-corrected chi connectivity index (χ2v) is 4.21. The minimum absolute atomic E-state index is 0.138. The summed E-state index contributed by atoms with van der Waals surface area (Å²) in [7, 11) is 0. The van der Waals surface area contributed by atoms with Crippen LogP contribution in [-0.2, 0) is 11.3 Å². The molecule has 0 spiro atoms. The smallest absolute Gasteiger partial charge is 0.222 e. The predicted octanol–water partition coefficient (Wildman–Crippen LogP) is 0.127. The normalized spacial score (nSPS) is 24.1. The summed E-state index contributed by atoms with van der Waals surface area (Å²) in [6.45, 7) is 0.180. The molecule has 3 N–H and O–H groups in total. The second kappa shape index (κ2) is 5.27. The maximum absolute atomic E-state index is 11.2. The number of hydrogen-bond acceptors (Lipinski definition) is 4. The molecule has 1 amide bonds. The van der Waals surface area contributed by atoms with Gasteiger partial charge in [0.05, 0.1) is 18.7 Å². The van der Waals surface area contributed by atoms with Gasteiger partial charge in [0.2, 0.25) is 5.91 Å². The number of rotatable bonds is 4. The molecule has 2 atom stereocenters. The van der Waals surface area contributed by atoms with E-state index in [2.05, 4.69) is 5.32 Å². The summed E-state index contributed by atoms with van der Waals surface area (Å²) in [5, 5.41) is 22.8. The van der Waals surface area contributed by atoms with E-state index in [-0.39, 0.29) is 25.0 Å². The molecular formula is C12H16N2O3. The Labute approximate surface area is 99.6 Å². The Hall–Kier alpha value is -1.43. The highest BCUT2D eigenvalue weighted by Crippen LogP contribution is 2.16. The SMILES string of the molecule is O=C1C[C@H](N(O)Cc2ccccc2)[C@@H](CO)N1. The van der Waals surface area contributed by atoms with Crippen LogP contribution in [-0.4, -0.2) is 40.0 Å². The molecule has 17 heavy (non-hydrogen) atoms. The standard InChI is InChI=1S/C12H16N2O3/c15-8-10-11(6-12(16)13-10)14(17)7-9-4-2-1-3-5-9/h1-5,10-11,15,17H,6-8H2,(H,13,16)/t10-,11+/m1/s1. The number of hydroxylamine groups is 2. The monoisotopic (exact) mass is 236 g/mol. The molecular weight excluding hydrogens is 220 g/mol. The first-order valence-corrected chi connectivity index (χ1v) is 5.60. The lowest BCUT2D eigenvalue weighted by molar-refractivity contribution is -0.142. The highest BCUT2D eigenvalue weighted by Gasteiger charge is 2.35. The number of aliphatic hydroxyl groups is 1. The topological polar surface area (TPSA) is 72.8 Å². The summed E-state index contributed by atoms with van der Waals surface area (Å²) in [6, 6.07) is 8.74. The van der Waals surface area contributed by atoms with Crippen LogP contribution in [0.5, 0.6) is 0 Å². The Morgan fingerprint density at radius 1 is 1.35 bits per heavy atom. The Bertz CT molecular complexity index is 383. The van der Waals surface area contributed by atoms with Crippen molar-refractivity contribution in [2.75, 3.05) is 6.61 Å². The maximum atomic E-state index is 11.2. The van der Waals surface area contributed by atoms with Crippen LogP contribution < -0.4 is 5.32 Å². The summed E-state index contributed by atoms with van der Waals surface area (Å²) < 4.78 is 0. The zero-order chi connectivity index (χ0) is 12.3. The third-order valence-electron chi connectivity index (χ3n) is 2.97. The molecule has 1 aromatic carbocycles. The Kier molecular flexibility index (Phi) is 3.73. The van der Waals surface area contributed by atoms with Crippen molar-refractivity contribution in [3.63, 3.8) is 0 Å².